The Hall–Kier alpha value is -2.06. The Balaban J connectivity index is 3.32. The number of nitrogens with zero attached hydrogens (tertiary/aromatic N) is 1. The summed E-state index contributed by atoms with van der Waals surface area (Å²) in [7, 11) is 0. The minimum Gasteiger partial charge on any atom is -0.385 e. The molecule has 1 rings (SSSR count). The van der Waals surface area contributed by atoms with Gasteiger partial charge in [0.15, 0.2) is 6.10 Å². The van der Waals surface area contributed by atoms with Crippen molar-refractivity contribution in [1.82, 2.24) is 0 Å². The van der Waals surface area contributed by atoms with Crippen LogP contribution in [0.3, 0.4) is 0 Å². The number of aliphatic hydroxyl groups is 2. The Morgan fingerprint density at radius 2 is 2.06 bits per heavy atom. The number of carbonyl (C=O) groups excluding carboxylic acids is 1. The van der Waals surface area contributed by atoms with Crippen LogP contribution in [0.2, 0.25) is 0 Å². The maximum absolute atomic E-state index is 13.2. The van der Waals surface area contributed by atoms with Crippen molar-refractivity contribution in [2.75, 3.05) is 0 Å². The fraction of sp³-hybridized carbons (Fsp3) is 0.300. The molecule has 0 radical (unpaired) electrons. The molecule has 2 unspecified atom stereocenters. The van der Waals surface area contributed by atoms with E-state index >= 15 is 0 Å². The molecule has 7 nitrogen and oxygen atoms in total. The summed E-state index contributed by atoms with van der Waals surface area (Å²) in [5, 5.41) is 29.6. The van der Waals surface area contributed by atoms with Gasteiger partial charge in [0.2, 0.25) is 5.91 Å². The summed E-state index contributed by atoms with van der Waals surface area (Å²) in [6.07, 6.45) is -3.79. The first-order chi connectivity index (χ1) is 8.25. The second-order valence-corrected chi connectivity index (χ2v) is 3.69. The first-order valence-corrected chi connectivity index (χ1v) is 4.85. The molecule has 8 heteroatoms. The molecule has 0 aliphatic heterocycles. The predicted molar refractivity (Wildman–Crippen MR) is 58.0 cm³/mol. The van der Waals surface area contributed by atoms with Crippen molar-refractivity contribution in [3.05, 3.63) is 39.2 Å². The van der Waals surface area contributed by atoms with Gasteiger partial charge in [0.25, 0.3) is 5.69 Å². The van der Waals surface area contributed by atoms with Crippen LogP contribution in [0.5, 0.6) is 0 Å². The molecule has 0 spiro atoms. The molecule has 0 aromatic heterocycles. The fourth-order valence-electron chi connectivity index (χ4n) is 1.51. The number of nitro benzene ring substituents is 1. The summed E-state index contributed by atoms with van der Waals surface area (Å²) >= 11 is 0. The SMILES string of the molecule is Cc1c(C(O)C(O)C(N)=O)cc(F)cc1[N+](=O)[O-]. The molecule has 0 aliphatic carbocycles. The number of halogens is 1. The molecular formula is C10H11FN2O5. The maximum atomic E-state index is 13.2. The van der Waals surface area contributed by atoms with Gasteiger partial charge in [-0.05, 0) is 18.6 Å². The van der Waals surface area contributed by atoms with Crippen LogP contribution < -0.4 is 5.73 Å². The third-order valence-corrected chi connectivity index (χ3v) is 2.49. The Labute approximate surface area is 101 Å². The molecule has 2 atom stereocenters. The van der Waals surface area contributed by atoms with Gasteiger partial charge in [0.05, 0.1) is 11.0 Å². The highest BCUT2D eigenvalue weighted by molar-refractivity contribution is 5.79. The maximum Gasteiger partial charge on any atom is 0.275 e. The number of hydrogen-bond donors (Lipinski definition) is 3. The Bertz CT molecular complexity index is 505. The summed E-state index contributed by atoms with van der Waals surface area (Å²) in [6, 6.07) is 1.49. The largest absolute Gasteiger partial charge is 0.385 e. The van der Waals surface area contributed by atoms with E-state index in [9.17, 15) is 29.5 Å². The van der Waals surface area contributed by atoms with E-state index in [2.05, 4.69) is 0 Å². The smallest absolute Gasteiger partial charge is 0.275 e. The quantitative estimate of drug-likeness (QED) is 0.514. The van der Waals surface area contributed by atoms with Crippen LogP contribution in [0.4, 0.5) is 10.1 Å². The standard InChI is InChI=1S/C10H11FN2O5/c1-4-6(8(14)9(15)10(12)16)2-5(11)3-7(4)13(17)18/h2-3,8-9,14-15H,1H3,(H2,12,16). The fourth-order valence-corrected chi connectivity index (χ4v) is 1.51. The van der Waals surface area contributed by atoms with Gasteiger partial charge >= 0.3 is 0 Å². The number of primary amides is 1. The van der Waals surface area contributed by atoms with Crippen molar-refractivity contribution >= 4 is 11.6 Å². The summed E-state index contributed by atoms with van der Waals surface area (Å²) in [5.74, 6) is -2.17. The first kappa shape index (κ1) is 14.0. The number of aliphatic hydroxyl groups excluding tert-OH is 2. The lowest BCUT2D eigenvalue weighted by Crippen LogP contribution is -2.34. The molecule has 1 aromatic carbocycles. The Morgan fingerprint density at radius 3 is 2.50 bits per heavy atom. The van der Waals surface area contributed by atoms with E-state index in [-0.39, 0.29) is 11.1 Å². The van der Waals surface area contributed by atoms with E-state index in [0.717, 1.165) is 6.07 Å². The van der Waals surface area contributed by atoms with E-state index in [0.29, 0.717) is 6.07 Å². The molecule has 18 heavy (non-hydrogen) atoms. The highest BCUT2D eigenvalue weighted by Crippen LogP contribution is 2.29. The highest BCUT2D eigenvalue weighted by atomic mass is 19.1. The monoisotopic (exact) mass is 258 g/mol. The number of rotatable bonds is 4. The second kappa shape index (κ2) is 5.07. The van der Waals surface area contributed by atoms with Gasteiger partial charge < -0.3 is 15.9 Å². The lowest BCUT2D eigenvalue weighted by Gasteiger charge is -2.17. The van der Waals surface area contributed by atoms with Gasteiger partial charge in [-0.15, -0.1) is 0 Å². The van der Waals surface area contributed by atoms with Crippen molar-refractivity contribution in [3.8, 4) is 0 Å². The molecule has 0 heterocycles. The van der Waals surface area contributed by atoms with E-state index in [1.54, 1.807) is 0 Å². The van der Waals surface area contributed by atoms with Gasteiger partial charge in [-0.25, -0.2) is 4.39 Å². The number of benzene rings is 1. The third kappa shape index (κ3) is 2.60. The number of nitro groups is 1. The third-order valence-electron chi connectivity index (χ3n) is 2.49. The van der Waals surface area contributed by atoms with Crippen LogP contribution in [-0.2, 0) is 4.79 Å². The zero-order chi connectivity index (χ0) is 14.0. The van der Waals surface area contributed by atoms with Crippen molar-refractivity contribution in [2.45, 2.75) is 19.1 Å². The summed E-state index contributed by atoms with van der Waals surface area (Å²) < 4.78 is 13.2. The molecule has 4 N–H and O–H groups in total. The number of amides is 1. The summed E-state index contributed by atoms with van der Waals surface area (Å²) in [5.41, 5.74) is 3.93. The lowest BCUT2D eigenvalue weighted by atomic mass is 9.97. The minimum atomic E-state index is -1.97. The van der Waals surface area contributed by atoms with Gasteiger partial charge in [0.1, 0.15) is 11.9 Å². The second-order valence-electron chi connectivity index (χ2n) is 3.69. The normalized spacial score (nSPS) is 14.0. The Morgan fingerprint density at radius 1 is 1.50 bits per heavy atom. The van der Waals surface area contributed by atoms with Crippen molar-refractivity contribution in [1.29, 1.82) is 0 Å². The van der Waals surface area contributed by atoms with Crippen molar-refractivity contribution in [3.63, 3.8) is 0 Å². The summed E-state index contributed by atoms with van der Waals surface area (Å²) in [4.78, 5) is 20.5. The average molecular weight is 258 g/mol. The van der Waals surface area contributed by atoms with Gasteiger partial charge in [0, 0.05) is 5.56 Å². The van der Waals surface area contributed by atoms with E-state index in [1.165, 1.54) is 6.92 Å². The van der Waals surface area contributed by atoms with Crippen molar-refractivity contribution < 1.29 is 24.3 Å². The predicted octanol–water partition coefficient (Wildman–Crippen LogP) is -0.0781. The summed E-state index contributed by atoms with van der Waals surface area (Å²) in [6.45, 7) is 1.27. The van der Waals surface area contributed by atoms with Gasteiger partial charge in [-0.1, -0.05) is 0 Å². The molecule has 0 aliphatic rings. The molecule has 1 amide bonds. The lowest BCUT2D eigenvalue weighted by molar-refractivity contribution is -0.385. The molecule has 0 fully saturated rings. The molecular weight excluding hydrogens is 247 g/mol. The topological polar surface area (TPSA) is 127 Å². The molecule has 1 aromatic rings. The van der Waals surface area contributed by atoms with Crippen LogP contribution in [-0.4, -0.2) is 27.1 Å². The zero-order valence-electron chi connectivity index (χ0n) is 9.33. The molecule has 0 saturated heterocycles. The molecule has 0 bridgehead atoms. The first-order valence-electron chi connectivity index (χ1n) is 4.85. The minimum absolute atomic E-state index is 0.0470. The van der Waals surface area contributed by atoms with Gasteiger partial charge in [-0.2, -0.15) is 0 Å². The van der Waals surface area contributed by atoms with E-state index in [1.807, 2.05) is 0 Å². The highest BCUT2D eigenvalue weighted by Gasteiger charge is 2.28. The van der Waals surface area contributed by atoms with Gasteiger partial charge in [-0.3, -0.25) is 14.9 Å². The molecule has 98 valence electrons. The Kier molecular flexibility index (Phi) is 3.94. The van der Waals surface area contributed by atoms with Crippen LogP contribution in [0, 0.1) is 22.9 Å². The number of hydrogen-bond acceptors (Lipinski definition) is 5. The van der Waals surface area contributed by atoms with E-state index in [4.69, 9.17) is 5.73 Å². The number of carbonyl (C=O) groups is 1. The average Bonchev–Trinajstić information content (AvgIpc) is 2.29. The number of nitrogens with two attached hydrogens (primary N) is 1. The van der Waals surface area contributed by atoms with Crippen LogP contribution in [0.1, 0.15) is 17.2 Å². The van der Waals surface area contributed by atoms with Crippen LogP contribution in [0.15, 0.2) is 12.1 Å². The van der Waals surface area contributed by atoms with Crippen molar-refractivity contribution in [2.24, 2.45) is 5.73 Å². The van der Waals surface area contributed by atoms with Crippen LogP contribution in [0.25, 0.3) is 0 Å². The van der Waals surface area contributed by atoms with E-state index < -0.39 is 34.5 Å². The molecule has 0 saturated carbocycles. The zero-order valence-corrected chi connectivity index (χ0v) is 9.33. The van der Waals surface area contributed by atoms with Crippen LogP contribution >= 0.6 is 0 Å².